The maximum atomic E-state index is 12.8. The largest absolute Gasteiger partial charge is 0.574 e. The van der Waals surface area contributed by atoms with Gasteiger partial charge < -0.3 is 15.2 Å². The van der Waals surface area contributed by atoms with Crippen LogP contribution in [-0.2, 0) is 12.7 Å². The Kier molecular flexibility index (Phi) is 4.13. The SMILES string of the molecule is COc1c(OC(F)(F)F)ncc(CN)c1C(F)(F)F. The minimum Gasteiger partial charge on any atom is -0.491 e. The Morgan fingerprint density at radius 3 is 2.16 bits per heavy atom. The molecule has 1 aromatic heterocycles. The standard InChI is InChI=1S/C9H8F6N2O2/c1-18-6-5(8(10,11)12)4(2-16)3-17-7(6)19-9(13,14)15/h3H,2,16H2,1H3. The number of methoxy groups -OCH3 is 1. The summed E-state index contributed by atoms with van der Waals surface area (Å²) in [5, 5.41) is 0. The third-order valence-electron chi connectivity index (χ3n) is 2.00. The van der Waals surface area contributed by atoms with Crippen LogP contribution >= 0.6 is 0 Å². The Bertz CT molecular complexity index is 457. The molecule has 0 spiro atoms. The first-order valence-corrected chi connectivity index (χ1v) is 4.69. The summed E-state index contributed by atoms with van der Waals surface area (Å²) in [6, 6.07) is 0. The smallest absolute Gasteiger partial charge is 0.491 e. The van der Waals surface area contributed by atoms with Gasteiger partial charge in [-0.15, -0.1) is 13.2 Å². The molecule has 1 rings (SSSR count). The van der Waals surface area contributed by atoms with Gasteiger partial charge in [0.2, 0.25) is 0 Å². The highest BCUT2D eigenvalue weighted by molar-refractivity contribution is 5.47. The van der Waals surface area contributed by atoms with Crippen molar-refractivity contribution in [2.45, 2.75) is 19.1 Å². The van der Waals surface area contributed by atoms with E-state index >= 15 is 0 Å². The number of pyridine rings is 1. The predicted octanol–water partition coefficient (Wildman–Crippen LogP) is 2.47. The third-order valence-corrected chi connectivity index (χ3v) is 2.00. The summed E-state index contributed by atoms with van der Waals surface area (Å²) in [7, 11) is 0.774. The van der Waals surface area contributed by atoms with Crippen LogP contribution in [0.15, 0.2) is 6.20 Å². The van der Waals surface area contributed by atoms with E-state index in [2.05, 4.69) is 14.5 Å². The molecule has 0 aromatic carbocycles. The highest BCUT2D eigenvalue weighted by atomic mass is 19.4. The van der Waals surface area contributed by atoms with Gasteiger partial charge in [-0.25, -0.2) is 4.98 Å². The summed E-state index contributed by atoms with van der Waals surface area (Å²) in [5.41, 5.74) is 3.15. The van der Waals surface area contributed by atoms with E-state index in [0.29, 0.717) is 6.20 Å². The topological polar surface area (TPSA) is 57.4 Å². The van der Waals surface area contributed by atoms with Crippen LogP contribution in [0.25, 0.3) is 0 Å². The van der Waals surface area contributed by atoms with Gasteiger partial charge in [-0.2, -0.15) is 13.2 Å². The maximum absolute atomic E-state index is 12.8. The molecule has 108 valence electrons. The number of nitrogens with two attached hydrogens (primary N) is 1. The van der Waals surface area contributed by atoms with Crippen molar-refractivity contribution < 1.29 is 35.8 Å². The van der Waals surface area contributed by atoms with E-state index in [0.717, 1.165) is 7.11 Å². The summed E-state index contributed by atoms with van der Waals surface area (Å²) in [5.74, 6) is -2.48. The van der Waals surface area contributed by atoms with Crippen molar-refractivity contribution in [2.75, 3.05) is 7.11 Å². The van der Waals surface area contributed by atoms with Crippen LogP contribution in [0, 0.1) is 0 Å². The van der Waals surface area contributed by atoms with Crippen molar-refractivity contribution in [1.29, 1.82) is 0 Å². The average Bonchev–Trinajstić information content (AvgIpc) is 2.25. The molecule has 2 N–H and O–H groups in total. The number of rotatable bonds is 3. The molecule has 10 heteroatoms. The monoisotopic (exact) mass is 290 g/mol. The Labute approximate surface area is 103 Å². The lowest BCUT2D eigenvalue weighted by Crippen LogP contribution is -2.21. The van der Waals surface area contributed by atoms with Crippen LogP contribution in [0.1, 0.15) is 11.1 Å². The van der Waals surface area contributed by atoms with Crippen LogP contribution in [0.4, 0.5) is 26.3 Å². The molecular formula is C9H8F6N2O2. The van der Waals surface area contributed by atoms with E-state index in [9.17, 15) is 26.3 Å². The molecule has 4 nitrogen and oxygen atoms in total. The molecule has 0 saturated carbocycles. The number of hydrogen-bond acceptors (Lipinski definition) is 4. The van der Waals surface area contributed by atoms with E-state index in [-0.39, 0.29) is 0 Å². The first kappa shape index (κ1) is 15.3. The second-order valence-electron chi connectivity index (χ2n) is 3.25. The van der Waals surface area contributed by atoms with Crippen LogP contribution in [0.3, 0.4) is 0 Å². The Balaban J connectivity index is 3.45. The molecular weight excluding hydrogens is 282 g/mol. The number of ether oxygens (including phenoxy) is 2. The van der Waals surface area contributed by atoms with E-state index in [4.69, 9.17) is 5.73 Å². The summed E-state index contributed by atoms with van der Waals surface area (Å²) < 4.78 is 82.2. The van der Waals surface area contributed by atoms with Crippen molar-refractivity contribution in [3.63, 3.8) is 0 Å². The second kappa shape index (κ2) is 5.11. The lowest BCUT2D eigenvalue weighted by atomic mass is 10.1. The minimum absolute atomic E-state index is 0.501. The fourth-order valence-corrected chi connectivity index (χ4v) is 1.35. The highest BCUT2D eigenvalue weighted by Gasteiger charge is 2.41. The molecule has 0 bridgehead atoms. The minimum atomic E-state index is -5.19. The van der Waals surface area contributed by atoms with E-state index in [1.54, 1.807) is 0 Å². The van der Waals surface area contributed by atoms with Crippen molar-refractivity contribution in [2.24, 2.45) is 5.73 Å². The molecule has 0 aliphatic rings. The molecule has 0 fully saturated rings. The normalized spacial score (nSPS) is 12.4. The fourth-order valence-electron chi connectivity index (χ4n) is 1.35. The van der Waals surface area contributed by atoms with Crippen LogP contribution in [0.2, 0.25) is 0 Å². The molecule has 1 heterocycles. The summed E-state index contributed by atoms with van der Waals surface area (Å²) >= 11 is 0. The molecule has 0 radical (unpaired) electrons. The lowest BCUT2D eigenvalue weighted by molar-refractivity contribution is -0.276. The van der Waals surface area contributed by atoms with Crippen LogP contribution in [0.5, 0.6) is 11.6 Å². The maximum Gasteiger partial charge on any atom is 0.574 e. The summed E-state index contributed by atoms with van der Waals surface area (Å²) in [6.07, 6.45) is -9.58. The predicted molar refractivity (Wildman–Crippen MR) is 50.4 cm³/mol. The Morgan fingerprint density at radius 1 is 1.21 bits per heavy atom. The van der Waals surface area contributed by atoms with Gasteiger partial charge in [0.15, 0.2) is 5.75 Å². The number of aromatic nitrogens is 1. The van der Waals surface area contributed by atoms with Gasteiger partial charge in [-0.1, -0.05) is 0 Å². The van der Waals surface area contributed by atoms with Crippen molar-refractivity contribution in [3.8, 4) is 11.6 Å². The number of halogens is 6. The van der Waals surface area contributed by atoms with Gasteiger partial charge in [0.1, 0.15) is 5.56 Å². The zero-order chi connectivity index (χ0) is 14.8. The molecule has 0 aliphatic heterocycles. The first-order chi connectivity index (χ1) is 8.60. The molecule has 1 aromatic rings. The van der Waals surface area contributed by atoms with Crippen molar-refractivity contribution in [3.05, 3.63) is 17.3 Å². The number of alkyl halides is 6. The van der Waals surface area contributed by atoms with Crippen molar-refractivity contribution >= 4 is 0 Å². The Hall–Kier alpha value is -1.71. The van der Waals surface area contributed by atoms with Crippen LogP contribution < -0.4 is 15.2 Å². The van der Waals surface area contributed by atoms with E-state index in [1.807, 2.05) is 0 Å². The third kappa shape index (κ3) is 3.63. The van der Waals surface area contributed by atoms with E-state index < -0.39 is 41.8 Å². The zero-order valence-electron chi connectivity index (χ0n) is 9.39. The quantitative estimate of drug-likeness (QED) is 0.869. The van der Waals surface area contributed by atoms with Gasteiger partial charge in [0.25, 0.3) is 5.88 Å². The highest BCUT2D eigenvalue weighted by Crippen LogP contribution is 2.43. The van der Waals surface area contributed by atoms with Gasteiger partial charge in [0, 0.05) is 18.3 Å². The molecule has 19 heavy (non-hydrogen) atoms. The lowest BCUT2D eigenvalue weighted by Gasteiger charge is -2.18. The number of nitrogens with zero attached hydrogens (tertiary/aromatic N) is 1. The van der Waals surface area contributed by atoms with Crippen LogP contribution in [-0.4, -0.2) is 18.5 Å². The molecule has 0 atom stereocenters. The van der Waals surface area contributed by atoms with Gasteiger partial charge >= 0.3 is 12.5 Å². The fraction of sp³-hybridized carbons (Fsp3) is 0.444. The zero-order valence-corrected chi connectivity index (χ0v) is 9.39. The first-order valence-electron chi connectivity index (χ1n) is 4.69. The molecule has 0 saturated heterocycles. The number of hydrogen-bond donors (Lipinski definition) is 1. The van der Waals surface area contributed by atoms with Crippen molar-refractivity contribution in [1.82, 2.24) is 4.98 Å². The summed E-state index contributed by atoms with van der Waals surface area (Å²) in [4.78, 5) is 3.13. The molecule has 0 unspecified atom stereocenters. The molecule has 0 aliphatic carbocycles. The van der Waals surface area contributed by atoms with Gasteiger partial charge in [0.05, 0.1) is 7.11 Å². The van der Waals surface area contributed by atoms with Gasteiger partial charge in [-0.05, 0) is 0 Å². The van der Waals surface area contributed by atoms with E-state index in [1.165, 1.54) is 0 Å². The average molecular weight is 290 g/mol. The second-order valence-corrected chi connectivity index (χ2v) is 3.25. The van der Waals surface area contributed by atoms with Gasteiger partial charge in [-0.3, -0.25) is 0 Å². The Morgan fingerprint density at radius 2 is 1.79 bits per heavy atom. The summed E-state index contributed by atoms with van der Waals surface area (Å²) in [6.45, 7) is -0.565. The molecule has 0 amide bonds.